The van der Waals surface area contributed by atoms with Crippen LogP contribution in [0.2, 0.25) is 0 Å². The molecule has 85 heavy (non-hydrogen) atoms. The van der Waals surface area contributed by atoms with Crippen LogP contribution >= 0.6 is 0 Å². The summed E-state index contributed by atoms with van der Waals surface area (Å²) in [4.78, 5) is 91.9. The van der Waals surface area contributed by atoms with E-state index in [9.17, 15) is 37.1 Å². The predicted octanol–water partition coefficient (Wildman–Crippen LogP) is 9.38. The molecule has 6 heterocycles. The van der Waals surface area contributed by atoms with Gasteiger partial charge in [-0.05, 0) is 130 Å². The standard InChI is InChI=1S/C32H35N7O4.C27H27N7O2.C2HF3O/c1-32(2,3)43-31(42)38-18-8-7-11-24(38)29-37-26(27(28(33)40)39(29)34)21-12-14-22(15-13-21)30(41)36-25-19-23(16-17-35-25)20-9-5-4-6-10-20;28-25(35)24-23(33-26(34(24)29)21-8-4-5-14-30-21)18-9-11-19(12-10-18)27(36)32-22-16-20(13-15-31-22)17-6-2-1-3-7-17;3-2(4,5)1-6/h4-6,9-10,12-17,19,24H,7-8,11,18,34H2,1-3H3,(H2,33,40)(H,35,36,41);1-3,6-7,9-13,15-16,21,30H,4-5,8,14,29H2,(H2,28,35)(H,31,32,36);1H/t24-;21-;/m00./s1. The molecule has 8 aromatic rings. The van der Waals surface area contributed by atoms with Crippen molar-refractivity contribution in [2.75, 3.05) is 35.4 Å². The third-order valence-electron chi connectivity index (χ3n) is 13.6. The Bertz CT molecular complexity index is 3680. The van der Waals surface area contributed by atoms with E-state index < -0.39 is 42.0 Å². The van der Waals surface area contributed by atoms with E-state index >= 15 is 0 Å². The lowest BCUT2D eigenvalue weighted by molar-refractivity contribution is -0.156. The molecule has 4 aromatic heterocycles. The highest BCUT2D eigenvalue weighted by Gasteiger charge is 2.36. The molecule has 4 aromatic carbocycles. The number of aromatic nitrogens is 6. The molecule has 0 saturated carbocycles. The highest BCUT2D eigenvalue weighted by Crippen LogP contribution is 2.35. The summed E-state index contributed by atoms with van der Waals surface area (Å²) in [6.45, 7) is 6.75. The number of imidazole rings is 2. The first kappa shape index (κ1) is 60.9. The number of pyridine rings is 2. The van der Waals surface area contributed by atoms with Gasteiger partial charge in [0.25, 0.3) is 23.6 Å². The van der Waals surface area contributed by atoms with Gasteiger partial charge in [-0.1, -0.05) is 91.3 Å². The van der Waals surface area contributed by atoms with Gasteiger partial charge in [-0.25, -0.2) is 34.1 Å². The number of aldehydes is 1. The van der Waals surface area contributed by atoms with Gasteiger partial charge < -0.3 is 43.8 Å². The molecule has 2 atom stereocenters. The van der Waals surface area contributed by atoms with E-state index in [0.29, 0.717) is 64.2 Å². The van der Waals surface area contributed by atoms with Crippen molar-refractivity contribution in [3.05, 3.63) is 180 Å². The van der Waals surface area contributed by atoms with Gasteiger partial charge in [0.15, 0.2) is 17.2 Å². The Hall–Kier alpha value is -10.2. The highest BCUT2D eigenvalue weighted by atomic mass is 19.4. The molecule has 24 heteroatoms. The zero-order valence-electron chi connectivity index (χ0n) is 46.7. The molecule has 10 rings (SSSR count). The van der Waals surface area contributed by atoms with Crippen LogP contribution in [-0.4, -0.2) is 95.1 Å². The lowest BCUT2D eigenvalue weighted by Crippen LogP contribution is -2.43. The maximum Gasteiger partial charge on any atom is 0.446 e. The van der Waals surface area contributed by atoms with E-state index in [-0.39, 0.29) is 34.9 Å². The molecule has 0 aliphatic carbocycles. The van der Waals surface area contributed by atoms with E-state index in [1.54, 1.807) is 86.6 Å². The van der Waals surface area contributed by atoms with Crippen molar-refractivity contribution >= 4 is 47.6 Å². The van der Waals surface area contributed by atoms with Gasteiger partial charge in [-0.2, -0.15) is 13.2 Å². The molecule has 2 fully saturated rings. The van der Waals surface area contributed by atoms with Gasteiger partial charge in [0.05, 0.1) is 12.1 Å². The summed E-state index contributed by atoms with van der Waals surface area (Å²) in [7, 11) is 0. The summed E-state index contributed by atoms with van der Waals surface area (Å²) in [6.07, 6.45) is 2.42. The zero-order valence-corrected chi connectivity index (χ0v) is 46.7. The monoisotopic (exact) mass is 1160 g/mol. The van der Waals surface area contributed by atoms with Crippen LogP contribution in [0.5, 0.6) is 0 Å². The molecule has 440 valence electrons. The number of alkyl halides is 3. The first-order chi connectivity index (χ1) is 40.6. The second kappa shape index (κ2) is 26.8. The Morgan fingerprint density at radius 2 is 1.05 bits per heavy atom. The first-order valence-corrected chi connectivity index (χ1v) is 27.1. The summed E-state index contributed by atoms with van der Waals surface area (Å²) in [5.41, 5.74) is 17.4. The molecule has 11 N–H and O–H groups in total. The number of nitrogens with one attached hydrogen (secondary N) is 3. The van der Waals surface area contributed by atoms with Crippen LogP contribution in [0.25, 0.3) is 44.8 Å². The van der Waals surface area contributed by atoms with Gasteiger partial charge in [0.1, 0.15) is 34.4 Å². The topological polar surface area (TPSA) is 316 Å². The quantitative estimate of drug-likeness (QED) is 0.0443. The molecule has 0 unspecified atom stereocenters. The van der Waals surface area contributed by atoms with Gasteiger partial charge in [-0.15, -0.1) is 0 Å². The zero-order chi connectivity index (χ0) is 61.0. The number of rotatable bonds is 12. The number of hydrogen-bond donors (Lipinski definition) is 7. The van der Waals surface area contributed by atoms with Crippen LogP contribution in [0.4, 0.5) is 29.6 Å². The van der Waals surface area contributed by atoms with Crippen molar-refractivity contribution in [3.8, 4) is 44.8 Å². The number of benzene rings is 4. The summed E-state index contributed by atoms with van der Waals surface area (Å²) >= 11 is 0. The fourth-order valence-corrected chi connectivity index (χ4v) is 9.62. The Morgan fingerprint density at radius 1 is 0.600 bits per heavy atom. The number of nitrogens with two attached hydrogens (primary N) is 4. The van der Waals surface area contributed by atoms with Crippen LogP contribution in [0.15, 0.2) is 146 Å². The van der Waals surface area contributed by atoms with Crippen molar-refractivity contribution in [2.45, 2.75) is 83.2 Å². The summed E-state index contributed by atoms with van der Waals surface area (Å²) in [6, 6.07) is 39.9. The minimum Gasteiger partial charge on any atom is -0.444 e. The first-order valence-electron chi connectivity index (χ1n) is 27.1. The number of carbonyl (C=O) groups is 6. The third-order valence-corrected chi connectivity index (χ3v) is 13.6. The van der Waals surface area contributed by atoms with Crippen molar-refractivity contribution in [3.63, 3.8) is 0 Å². The number of hydrogen-bond acceptors (Lipinski definition) is 14. The molecular formula is C61H63F3N14O7. The van der Waals surface area contributed by atoms with Crippen LogP contribution in [0.1, 0.15) is 125 Å². The molecule has 5 amide bonds. The number of carbonyl (C=O) groups excluding carboxylic acids is 6. The Kier molecular flexibility index (Phi) is 19.2. The van der Waals surface area contributed by atoms with E-state index in [1.165, 1.54) is 4.68 Å². The lowest BCUT2D eigenvalue weighted by atomic mass is 10.0. The number of piperidine rings is 2. The maximum atomic E-state index is 13.0. The van der Waals surface area contributed by atoms with Gasteiger partial charge in [0.2, 0.25) is 6.29 Å². The molecule has 21 nitrogen and oxygen atoms in total. The second-order valence-corrected chi connectivity index (χ2v) is 20.8. The average molecular weight is 1160 g/mol. The van der Waals surface area contributed by atoms with Crippen molar-refractivity contribution in [1.82, 2.24) is 39.5 Å². The van der Waals surface area contributed by atoms with E-state index in [4.69, 9.17) is 37.7 Å². The summed E-state index contributed by atoms with van der Waals surface area (Å²) < 4.78 is 39.3. The number of nitrogen functional groups attached to an aromatic ring is 2. The van der Waals surface area contributed by atoms with E-state index in [0.717, 1.165) is 65.6 Å². The average Bonchev–Trinajstić information content (AvgIpc) is 1.93. The SMILES string of the molecule is CC(C)(C)OC(=O)N1CCCC[C@H]1c1nc(-c2ccc(C(=O)Nc3cc(-c4ccccc4)ccn3)cc2)c(C(N)=O)n1N.NC(=O)c1c(-c2ccc(C(=O)Nc3cc(-c4ccccc4)ccn3)cc2)nc([C@@H]2CCCCN2)n1N.O=CC(F)(F)F. The number of anilines is 2. The number of likely N-dealkylation sites (tertiary alicyclic amines) is 1. The predicted molar refractivity (Wildman–Crippen MR) is 314 cm³/mol. The smallest absolute Gasteiger partial charge is 0.444 e. The van der Waals surface area contributed by atoms with Gasteiger partial charge >= 0.3 is 12.3 Å². The molecule has 0 radical (unpaired) electrons. The maximum absolute atomic E-state index is 13.0. The molecule has 2 saturated heterocycles. The molecular weight excluding hydrogens is 1100 g/mol. The summed E-state index contributed by atoms with van der Waals surface area (Å²) in [5.74, 6) is 12.3. The minimum atomic E-state index is -4.64. The molecule has 2 aliphatic heterocycles. The Morgan fingerprint density at radius 3 is 1.47 bits per heavy atom. The van der Waals surface area contributed by atoms with E-state index in [1.807, 2.05) is 84.9 Å². The van der Waals surface area contributed by atoms with Crippen LogP contribution < -0.4 is 39.1 Å². The Balaban J connectivity index is 0.000000204. The number of nitrogens with zero attached hydrogens (tertiary/aromatic N) is 7. The van der Waals surface area contributed by atoms with Crippen molar-refractivity contribution in [1.29, 1.82) is 0 Å². The van der Waals surface area contributed by atoms with Crippen LogP contribution in [-0.2, 0) is 9.53 Å². The Labute approximate surface area is 487 Å². The largest absolute Gasteiger partial charge is 0.446 e. The third kappa shape index (κ3) is 15.5. The van der Waals surface area contributed by atoms with Gasteiger partial charge in [0, 0.05) is 41.2 Å². The van der Waals surface area contributed by atoms with Crippen molar-refractivity contribution < 1.29 is 46.7 Å². The second-order valence-electron chi connectivity index (χ2n) is 20.8. The number of ether oxygens (including phenoxy) is 1. The van der Waals surface area contributed by atoms with Crippen LogP contribution in [0.3, 0.4) is 0 Å². The fourth-order valence-electron chi connectivity index (χ4n) is 9.62. The number of amides is 5. The lowest BCUT2D eigenvalue weighted by Gasteiger charge is -2.36. The molecule has 0 spiro atoms. The van der Waals surface area contributed by atoms with Crippen molar-refractivity contribution in [2.24, 2.45) is 11.5 Å². The molecule has 2 aliphatic rings. The highest BCUT2D eigenvalue weighted by molar-refractivity contribution is 6.05. The van der Waals surface area contributed by atoms with Gasteiger partial charge in [-0.3, -0.25) is 28.9 Å². The normalized spacial score (nSPS) is 15.0. The number of primary amides is 2. The minimum absolute atomic E-state index is 0.00356. The van der Waals surface area contributed by atoms with E-state index in [2.05, 4.69) is 30.9 Å². The van der Waals surface area contributed by atoms with Crippen LogP contribution in [0, 0.1) is 0 Å². The fraction of sp³-hybridized carbons (Fsp3) is 0.246. The summed E-state index contributed by atoms with van der Waals surface area (Å²) in [5, 5.41) is 9.07. The number of halogens is 3. The molecule has 0 bridgehead atoms.